The highest BCUT2D eigenvalue weighted by atomic mass is 35.5. The predicted molar refractivity (Wildman–Crippen MR) is 111 cm³/mol. The van der Waals surface area contributed by atoms with Gasteiger partial charge in [-0.15, -0.1) is 11.3 Å². The molecule has 0 radical (unpaired) electrons. The zero-order chi connectivity index (χ0) is 20.1. The normalized spacial score (nSPS) is 16.2. The maximum Gasteiger partial charge on any atom is 0.274 e. The summed E-state index contributed by atoms with van der Waals surface area (Å²) in [5, 5.41) is 9.04. The minimum atomic E-state index is -0.475. The van der Waals surface area contributed by atoms with Crippen LogP contribution >= 0.6 is 34.5 Å². The quantitative estimate of drug-likeness (QED) is 0.640. The lowest BCUT2D eigenvalue weighted by Crippen LogP contribution is -2.46. The smallest absolute Gasteiger partial charge is 0.274 e. The SMILES string of the molecule is COCCNC(=O)[C@H]1CCCN1C(=O)c1csc(Nc2ccc(Cl)c(Cl)c2)n1. The number of thiazole rings is 1. The highest BCUT2D eigenvalue weighted by Crippen LogP contribution is 2.29. The van der Waals surface area contributed by atoms with E-state index in [-0.39, 0.29) is 11.8 Å². The fourth-order valence-corrected chi connectivity index (χ4v) is 3.95. The number of likely N-dealkylation sites (tertiary alicyclic amines) is 1. The maximum atomic E-state index is 12.9. The van der Waals surface area contributed by atoms with Crippen molar-refractivity contribution in [2.45, 2.75) is 18.9 Å². The number of hydrogen-bond donors (Lipinski definition) is 2. The molecule has 1 aromatic carbocycles. The van der Waals surface area contributed by atoms with Gasteiger partial charge in [-0.2, -0.15) is 0 Å². The number of nitrogens with zero attached hydrogens (tertiary/aromatic N) is 2. The molecule has 1 aromatic heterocycles. The minimum absolute atomic E-state index is 0.160. The van der Waals surface area contributed by atoms with E-state index in [4.69, 9.17) is 27.9 Å². The summed E-state index contributed by atoms with van der Waals surface area (Å²) in [6.45, 7) is 1.39. The van der Waals surface area contributed by atoms with Gasteiger partial charge in [0.05, 0.1) is 16.7 Å². The van der Waals surface area contributed by atoms with E-state index in [0.717, 1.165) is 12.1 Å². The van der Waals surface area contributed by atoms with E-state index < -0.39 is 6.04 Å². The Kier molecular flexibility index (Phi) is 7.12. The zero-order valence-corrected chi connectivity index (χ0v) is 17.5. The van der Waals surface area contributed by atoms with Crippen molar-refractivity contribution in [3.05, 3.63) is 39.3 Å². The number of hydrogen-bond acceptors (Lipinski definition) is 6. The molecule has 2 heterocycles. The van der Waals surface area contributed by atoms with Crippen LogP contribution < -0.4 is 10.6 Å². The van der Waals surface area contributed by atoms with Crippen LogP contribution in [0.1, 0.15) is 23.3 Å². The van der Waals surface area contributed by atoms with Gasteiger partial charge in [0.2, 0.25) is 5.91 Å². The second-order valence-corrected chi connectivity index (χ2v) is 7.90. The molecule has 0 saturated carbocycles. The highest BCUT2D eigenvalue weighted by Gasteiger charge is 2.35. The van der Waals surface area contributed by atoms with E-state index in [1.54, 1.807) is 35.6 Å². The van der Waals surface area contributed by atoms with Crippen molar-refractivity contribution >= 4 is 57.2 Å². The lowest BCUT2D eigenvalue weighted by atomic mass is 10.2. The summed E-state index contributed by atoms with van der Waals surface area (Å²) in [5.41, 5.74) is 1.03. The Hall–Kier alpha value is -1.87. The maximum absolute atomic E-state index is 12.9. The van der Waals surface area contributed by atoms with Gasteiger partial charge >= 0.3 is 0 Å². The van der Waals surface area contributed by atoms with Crippen LogP contribution in [0, 0.1) is 0 Å². The Labute approximate surface area is 177 Å². The van der Waals surface area contributed by atoms with Gasteiger partial charge in [0.15, 0.2) is 5.13 Å². The van der Waals surface area contributed by atoms with Crippen LogP contribution in [-0.2, 0) is 9.53 Å². The van der Waals surface area contributed by atoms with Crippen molar-refractivity contribution in [3.63, 3.8) is 0 Å². The van der Waals surface area contributed by atoms with Crippen molar-refractivity contribution in [1.29, 1.82) is 0 Å². The monoisotopic (exact) mass is 442 g/mol. The van der Waals surface area contributed by atoms with E-state index in [1.165, 1.54) is 11.3 Å². The third-order valence-corrected chi connectivity index (χ3v) is 5.81. The standard InChI is InChI=1S/C18H20Cl2N4O3S/c1-27-8-6-21-16(25)15-3-2-7-24(15)17(26)14-10-28-18(23-14)22-11-4-5-12(19)13(20)9-11/h4-5,9-10,15H,2-3,6-8H2,1H3,(H,21,25)(H,22,23)/t15-/m1/s1. The van der Waals surface area contributed by atoms with Gasteiger partial charge in [-0.1, -0.05) is 23.2 Å². The van der Waals surface area contributed by atoms with Crippen LogP contribution in [0.5, 0.6) is 0 Å². The van der Waals surface area contributed by atoms with Gasteiger partial charge < -0.3 is 20.3 Å². The van der Waals surface area contributed by atoms with Gasteiger partial charge in [0.1, 0.15) is 11.7 Å². The van der Waals surface area contributed by atoms with Gasteiger partial charge in [0, 0.05) is 31.3 Å². The number of nitrogens with one attached hydrogen (secondary N) is 2. The van der Waals surface area contributed by atoms with Crippen molar-refractivity contribution in [2.24, 2.45) is 0 Å². The first kappa shape index (κ1) is 20.9. The average Bonchev–Trinajstić information content (AvgIpc) is 3.34. The highest BCUT2D eigenvalue weighted by molar-refractivity contribution is 7.14. The molecule has 1 fully saturated rings. The Morgan fingerprint density at radius 1 is 1.36 bits per heavy atom. The lowest BCUT2D eigenvalue weighted by molar-refractivity contribution is -0.125. The van der Waals surface area contributed by atoms with Crippen LogP contribution in [-0.4, -0.2) is 54.5 Å². The Bertz CT molecular complexity index is 861. The number of halogens is 2. The number of aromatic nitrogens is 1. The summed E-state index contributed by atoms with van der Waals surface area (Å²) in [4.78, 5) is 31.2. The average molecular weight is 443 g/mol. The molecule has 2 N–H and O–H groups in total. The summed E-state index contributed by atoms with van der Waals surface area (Å²) in [7, 11) is 1.57. The molecule has 10 heteroatoms. The third-order valence-electron chi connectivity index (χ3n) is 4.32. The number of methoxy groups -OCH3 is 1. The summed E-state index contributed by atoms with van der Waals surface area (Å²) >= 11 is 13.2. The molecule has 2 aromatic rings. The van der Waals surface area contributed by atoms with Crippen molar-refractivity contribution in [2.75, 3.05) is 32.1 Å². The molecule has 0 bridgehead atoms. The fourth-order valence-electron chi connectivity index (χ4n) is 2.95. The van der Waals surface area contributed by atoms with Crippen LogP contribution in [0.4, 0.5) is 10.8 Å². The molecule has 7 nitrogen and oxygen atoms in total. The lowest BCUT2D eigenvalue weighted by Gasteiger charge is -2.23. The second kappa shape index (κ2) is 9.56. The summed E-state index contributed by atoms with van der Waals surface area (Å²) < 4.78 is 4.94. The number of benzene rings is 1. The number of carbonyl (C=O) groups excluding carboxylic acids is 2. The topological polar surface area (TPSA) is 83.6 Å². The van der Waals surface area contributed by atoms with E-state index in [2.05, 4.69) is 15.6 Å². The molecule has 1 aliphatic rings. The molecule has 28 heavy (non-hydrogen) atoms. The van der Waals surface area contributed by atoms with Crippen LogP contribution in [0.25, 0.3) is 0 Å². The number of carbonyl (C=O) groups is 2. The van der Waals surface area contributed by atoms with Crippen LogP contribution in [0.2, 0.25) is 10.0 Å². The molecule has 1 saturated heterocycles. The van der Waals surface area contributed by atoms with Crippen molar-refractivity contribution < 1.29 is 14.3 Å². The first-order chi connectivity index (χ1) is 13.5. The second-order valence-electron chi connectivity index (χ2n) is 6.23. The predicted octanol–water partition coefficient (Wildman–Crippen LogP) is 3.56. The van der Waals surface area contributed by atoms with E-state index in [1.807, 2.05) is 0 Å². The summed E-state index contributed by atoms with van der Waals surface area (Å²) in [6, 6.07) is 4.67. The molecular formula is C18H20Cl2N4O3S. The van der Waals surface area contributed by atoms with E-state index in [9.17, 15) is 9.59 Å². The fraction of sp³-hybridized carbons (Fsp3) is 0.389. The molecule has 0 unspecified atom stereocenters. The number of amides is 2. The molecule has 3 rings (SSSR count). The van der Waals surface area contributed by atoms with Crippen molar-refractivity contribution in [3.8, 4) is 0 Å². The molecular weight excluding hydrogens is 423 g/mol. The third kappa shape index (κ3) is 4.94. The Morgan fingerprint density at radius 2 is 2.18 bits per heavy atom. The van der Waals surface area contributed by atoms with Crippen molar-refractivity contribution in [1.82, 2.24) is 15.2 Å². The number of ether oxygens (including phenoxy) is 1. The Balaban J connectivity index is 1.65. The van der Waals surface area contributed by atoms with Gasteiger partial charge in [0.25, 0.3) is 5.91 Å². The van der Waals surface area contributed by atoms with Crippen LogP contribution in [0.3, 0.4) is 0 Å². The van der Waals surface area contributed by atoms with Gasteiger partial charge in [-0.05, 0) is 31.0 Å². The molecule has 1 atom stereocenters. The number of rotatable bonds is 7. The summed E-state index contributed by atoms with van der Waals surface area (Å²) in [5.74, 6) is -0.407. The van der Waals surface area contributed by atoms with E-state index >= 15 is 0 Å². The molecule has 0 spiro atoms. The largest absolute Gasteiger partial charge is 0.383 e. The minimum Gasteiger partial charge on any atom is -0.383 e. The zero-order valence-electron chi connectivity index (χ0n) is 15.2. The van der Waals surface area contributed by atoms with Gasteiger partial charge in [-0.25, -0.2) is 4.98 Å². The first-order valence-electron chi connectivity index (χ1n) is 8.75. The molecule has 1 aliphatic heterocycles. The van der Waals surface area contributed by atoms with E-state index in [0.29, 0.717) is 47.0 Å². The van der Waals surface area contributed by atoms with Gasteiger partial charge in [-0.3, -0.25) is 9.59 Å². The van der Waals surface area contributed by atoms with Crippen LogP contribution in [0.15, 0.2) is 23.6 Å². The molecule has 2 amide bonds. The number of anilines is 2. The summed E-state index contributed by atoms with van der Waals surface area (Å²) in [6.07, 6.45) is 1.43. The molecule has 0 aliphatic carbocycles. The molecule has 150 valence electrons. The Morgan fingerprint density at radius 3 is 2.93 bits per heavy atom. The first-order valence-corrected chi connectivity index (χ1v) is 10.4.